The van der Waals surface area contributed by atoms with E-state index in [9.17, 15) is 9.59 Å². The normalized spacial score (nSPS) is 16.5. The molecule has 1 aliphatic heterocycles. The van der Waals surface area contributed by atoms with E-state index in [1.54, 1.807) is 4.90 Å². The Kier molecular flexibility index (Phi) is 4.90. The van der Waals surface area contributed by atoms with E-state index >= 15 is 0 Å². The van der Waals surface area contributed by atoms with E-state index in [0.29, 0.717) is 25.2 Å². The van der Waals surface area contributed by atoms with Crippen molar-refractivity contribution in [2.24, 2.45) is 13.0 Å². The number of carbonyl (C=O) groups excluding carboxylic acids is 2. The van der Waals surface area contributed by atoms with E-state index in [1.165, 1.54) is 10.9 Å². The van der Waals surface area contributed by atoms with Crippen molar-refractivity contribution in [3.05, 3.63) is 60.3 Å². The van der Waals surface area contributed by atoms with Crippen molar-refractivity contribution in [1.29, 1.82) is 0 Å². The van der Waals surface area contributed by atoms with Gasteiger partial charge in [-0.2, -0.15) is 0 Å². The third kappa shape index (κ3) is 3.40. The Morgan fingerprint density at radius 2 is 1.82 bits per heavy atom. The van der Waals surface area contributed by atoms with Crippen molar-refractivity contribution in [1.82, 2.24) is 14.8 Å². The minimum Gasteiger partial charge on any atom is -0.356 e. The Balaban J connectivity index is 1.48. The first-order valence-electron chi connectivity index (χ1n) is 9.79. The number of benzene rings is 2. The molecule has 0 unspecified atom stereocenters. The quantitative estimate of drug-likeness (QED) is 0.759. The highest BCUT2D eigenvalue weighted by Gasteiger charge is 2.31. The van der Waals surface area contributed by atoms with Crippen LogP contribution in [0.3, 0.4) is 0 Å². The van der Waals surface area contributed by atoms with Gasteiger partial charge in [0.1, 0.15) is 0 Å². The highest BCUT2D eigenvalue weighted by molar-refractivity contribution is 5.95. The molecule has 5 nitrogen and oxygen atoms in total. The number of likely N-dealkylation sites (tertiary alicyclic amines) is 1. The summed E-state index contributed by atoms with van der Waals surface area (Å²) >= 11 is 0. The zero-order valence-electron chi connectivity index (χ0n) is 16.3. The number of rotatable bonds is 4. The Labute approximate surface area is 165 Å². The van der Waals surface area contributed by atoms with Crippen LogP contribution in [0.5, 0.6) is 0 Å². The Bertz CT molecular complexity index is 1020. The summed E-state index contributed by atoms with van der Waals surface area (Å²) in [5.74, 6) is -0.0536. The predicted octanol–water partition coefficient (Wildman–Crippen LogP) is 3.44. The van der Waals surface area contributed by atoms with Crippen molar-refractivity contribution in [2.45, 2.75) is 13.3 Å². The monoisotopic (exact) mass is 375 g/mol. The maximum absolute atomic E-state index is 12.8. The summed E-state index contributed by atoms with van der Waals surface area (Å²) in [5.41, 5.74) is 4.09. The van der Waals surface area contributed by atoms with E-state index in [1.807, 2.05) is 38.2 Å². The maximum atomic E-state index is 12.8. The molecule has 28 heavy (non-hydrogen) atoms. The fraction of sp³-hybridized carbons (Fsp3) is 0.304. The van der Waals surface area contributed by atoms with Crippen LogP contribution in [-0.2, 0) is 11.8 Å². The van der Waals surface area contributed by atoms with Crippen LogP contribution < -0.4 is 5.32 Å². The molecule has 4 rings (SSSR count). The van der Waals surface area contributed by atoms with Gasteiger partial charge in [-0.15, -0.1) is 0 Å². The van der Waals surface area contributed by atoms with E-state index in [0.717, 1.165) is 17.5 Å². The van der Waals surface area contributed by atoms with Crippen LogP contribution in [-0.4, -0.2) is 40.9 Å². The summed E-state index contributed by atoms with van der Waals surface area (Å²) < 4.78 is 2.10. The number of nitrogens with zero attached hydrogens (tertiary/aromatic N) is 2. The van der Waals surface area contributed by atoms with E-state index < -0.39 is 0 Å². The minimum atomic E-state index is -0.0965. The van der Waals surface area contributed by atoms with E-state index in [-0.39, 0.29) is 17.7 Å². The van der Waals surface area contributed by atoms with Gasteiger partial charge in [-0.25, -0.2) is 0 Å². The fourth-order valence-corrected chi connectivity index (χ4v) is 3.93. The number of aryl methyl sites for hydroxylation is 1. The molecule has 144 valence electrons. The SMILES string of the molecule is CCNC(=O)[C@H]1CCN(C(=O)c2ccc(-c3ccc4c(ccn4C)c3)cc2)C1. The molecular weight excluding hydrogens is 350 g/mol. The molecule has 2 amide bonds. The lowest BCUT2D eigenvalue weighted by atomic mass is 10.0. The van der Waals surface area contributed by atoms with Crippen LogP contribution in [0, 0.1) is 5.92 Å². The molecular formula is C23H25N3O2. The van der Waals surface area contributed by atoms with Crippen LogP contribution in [0.25, 0.3) is 22.0 Å². The van der Waals surface area contributed by atoms with Gasteiger partial charge in [-0.1, -0.05) is 18.2 Å². The average Bonchev–Trinajstić information content (AvgIpc) is 3.35. The number of hydrogen-bond acceptors (Lipinski definition) is 2. The average molecular weight is 375 g/mol. The Morgan fingerprint density at radius 3 is 2.57 bits per heavy atom. The molecule has 1 N–H and O–H groups in total. The number of aromatic nitrogens is 1. The molecule has 0 aliphatic carbocycles. The number of carbonyl (C=O) groups is 2. The first kappa shape index (κ1) is 18.3. The van der Waals surface area contributed by atoms with Crippen LogP contribution in [0.1, 0.15) is 23.7 Å². The standard InChI is InChI=1S/C23H25N3O2/c1-3-24-22(27)20-11-13-26(15-20)23(28)17-6-4-16(5-7-17)18-8-9-21-19(14-18)10-12-25(21)2/h4-10,12,14,20H,3,11,13,15H2,1-2H3,(H,24,27)/t20-/m0/s1. The van der Waals surface area contributed by atoms with Crippen LogP contribution >= 0.6 is 0 Å². The third-order valence-electron chi connectivity index (χ3n) is 5.55. The highest BCUT2D eigenvalue weighted by Crippen LogP contribution is 2.26. The maximum Gasteiger partial charge on any atom is 0.253 e. The molecule has 1 aromatic heterocycles. The number of hydrogen-bond donors (Lipinski definition) is 1. The summed E-state index contributed by atoms with van der Waals surface area (Å²) in [6.07, 6.45) is 2.78. The van der Waals surface area contributed by atoms with Gasteiger partial charge >= 0.3 is 0 Å². The Hall–Kier alpha value is -3.08. The highest BCUT2D eigenvalue weighted by atomic mass is 16.2. The molecule has 0 bridgehead atoms. The first-order chi connectivity index (χ1) is 13.6. The van der Waals surface area contributed by atoms with Crippen molar-refractivity contribution in [3.8, 4) is 11.1 Å². The van der Waals surface area contributed by atoms with Crippen LogP contribution in [0.15, 0.2) is 54.7 Å². The smallest absolute Gasteiger partial charge is 0.253 e. The second-order valence-corrected chi connectivity index (χ2v) is 7.41. The van der Waals surface area contributed by atoms with Crippen molar-refractivity contribution >= 4 is 22.7 Å². The van der Waals surface area contributed by atoms with Crippen LogP contribution in [0.4, 0.5) is 0 Å². The van der Waals surface area contributed by atoms with Gasteiger partial charge in [0.05, 0.1) is 5.92 Å². The Morgan fingerprint density at radius 1 is 1.07 bits per heavy atom. The van der Waals surface area contributed by atoms with Gasteiger partial charge in [0.15, 0.2) is 0 Å². The molecule has 0 spiro atoms. The topological polar surface area (TPSA) is 54.3 Å². The van der Waals surface area contributed by atoms with Gasteiger partial charge in [-0.3, -0.25) is 9.59 Å². The lowest BCUT2D eigenvalue weighted by molar-refractivity contribution is -0.124. The summed E-state index contributed by atoms with van der Waals surface area (Å²) in [5, 5.41) is 4.05. The summed E-state index contributed by atoms with van der Waals surface area (Å²) in [6.45, 7) is 3.66. The molecule has 3 aromatic rings. The largest absolute Gasteiger partial charge is 0.356 e. The van der Waals surface area contributed by atoms with Crippen molar-refractivity contribution < 1.29 is 9.59 Å². The molecule has 1 fully saturated rings. The van der Waals surface area contributed by atoms with Gasteiger partial charge in [0, 0.05) is 49.3 Å². The molecule has 2 aromatic carbocycles. The molecule has 5 heteroatoms. The lowest BCUT2D eigenvalue weighted by Crippen LogP contribution is -2.34. The molecule has 0 radical (unpaired) electrons. The summed E-state index contributed by atoms with van der Waals surface area (Å²) in [7, 11) is 2.04. The third-order valence-corrected chi connectivity index (χ3v) is 5.55. The molecule has 1 aliphatic rings. The van der Waals surface area contributed by atoms with Gasteiger partial charge in [0.2, 0.25) is 5.91 Å². The zero-order chi connectivity index (χ0) is 19.7. The minimum absolute atomic E-state index is 0.00291. The number of amides is 2. The fourth-order valence-electron chi connectivity index (χ4n) is 3.93. The van der Waals surface area contributed by atoms with Gasteiger partial charge in [0.25, 0.3) is 5.91 Å². The number of nitrogens with one attached hydrogen (secondary N) is 1. The van der Waals surface area contributed by atoms with Gasteiger partial charge < -0.3 is 14.8 Å². The predicted molar refractivity (Wildman–Crippen MR) is 111 cm³/mol. The molecule has 1 atom stereocenters. The van der Waals surface area contributed by atoms with Crippen molar-refractivity contribution in [2.75, 3.05) is 19.6 Å². The lowest BCUT2D eigenvalue weighted by Gasteiger charge is -2.16. The van der Waals surface area contributed by atoms with Crippen molar-refractivity contribution in [3.63, 3.8) is 0 Å². The number of fused-ring (bicyclic) bond motifs is 1. The first-order valence-corrected chi connectivity index (χ1v) is 9.79. The summed E-state index contributed by atoms with van der Waals surface area (Å²) in [6, 6.07) is 16.3. The molecule has 2 heterocycles. The molecule has 0 saturated carbocycles. The summed E-state index contributed by atoms with van der Waals surface area (Å²) in [4.78, 5) is 26.6. The van der Waals surface area contributed by atoms with Crippen LogP contribution in [0.2, 0.25) is 0 Å². The second-order valence-electron chi connectivity index (χ2n) is 7.41. The van der Waals surface area contributed by atoms with E-state index in [4.69, 9.17) is 0 Å². The molecule has 1 saturated heterocycles. The second kappa shape index (κ2) is 7.50. The van der Waals surface area contributed by atoms with E-state index in [2.05, 4.69) is 40.3 Å². The zero-order valence-corrected chi connectivity index (χ0v) is 16.3. The van der Waals surface area contributed by atoms with Gasteiger partial charge in [-0.05, 0) is 54.8 Å².